The van der Waals surface area contributed by atoms with Crippen LogP contribution in [0.15, 0.2) is 89.7 Å². The molecule has 7 nitrogen and oxygen atoms in total. The SMILES string of the molecule is O=C(NCc1ccccc1)c1ncoc1-c1ccccc1C(=O)N1CCN(c2ccc(F)cc2)CC1. The summed E-state index contributed by atoms with van der Waals surface area (Å²) in [6.07, 6.45) is 1.22. The number of carbonyl (C=O) groups is 2. The Morgan fingerprint density at radius 1 is 0.889 bits per heavy atom. The molecule has 0 atom stereocenters. The zero-order valence-electron chi connectivity index (χ0n) is 19.6. The maximum absolute atomic E-state index is 13.5. The van der Waals surface area contributed by atoms with E-state index in [-0.39, 0.29) is 29.1 Å². The third kappa shape index (κ3) is 4.98. The molecule has 2 heterocycles. The molecule has 36 heavy (non-hydrogen) atoms. The van der Waals surface area contributed by atoms with Crippen LogP contribution in [0, 0.1) is 5.82 Å². The Morgan fingerprint density at radius 2 is 1.58 bits per heavy atom. The molecule has 0 aliphatic carbocycles. The summed E-state index contributed by atoms with van der Waals surface area (Å²) >= 11 is 0. The van der Waals surface area contributed by atoms with E-state index in [0.717, 1.165) is 11.3 Å². The minimum atomic E-state index is -0.377. The van der Waals surface area contributed by atoms with Crippen molar-refractivity contribution >= 4 is 17.5 Å². The van der Waals surface area contributed by atoms with Crippen molar-refractivity contribution in [2.24, 2.45) is 0 Å². The normalized spacial score (nSPS) is 13.5. The van der Waals surface area contributed by atoms with Crippen LogP contribution in [0.4, 0.5) is 10.1 Å². The maximum Gasteiger partial charge on any atom is 0.274 e. The third-order valence-electron chi connectivity index (χ3n) is 6.24. The second kappa shape index (κ2) is 10.4. The van der Waals surface area contributed by atoms with Crippen molar-refractivity contribution in [1.82, 2.24) is 15.2 Å². The van der Waals surface area contributed by atoms with Gasteiger partial charge in [0, 0.05) is 44.0 Å². The van der Waals surface area contributed by atoms with Crippen LogP contribution >= 0.6 is 0 Å². The molecule has 182 valence electrons. The number of amides is 2. The number of halogens is 1. The molecule has 4 aromatic rings. The first-order valence-electron chi connectivity index (χ1n) is 11.7. The first-order chi connectivity index (χ1) is 17.6. The highest BCUT2D eigenvalue weighted by atomic mass is 19.1. The second-order valence-electron chi connectivity index (χ2n) is 8.50. The van der Waals surface area contributed by atoms with Crippen molar-refractivity contribution in [2.75, 3.05) is 31.1 Å². The van der Waals surface area contributed by atoms with E-state index in [2.05, 4.69) is 15.2 Å². The summed E-state index contributed by atoms with van der Waals surface area (Å²) in [6, 6.07) is 23.0. The van der Waals surface area contributed by atoms with Gasteiger partial charge in [-0.25, -0.2) is 9.37 Å². The molecule has 0 radical (unpaired) electrons. The fraction of sp³-hybridized carbons (Fsp3) is 0.179. The van der Waals surface area contributed by atoms with Crippen LogP contribution in [0.5, 0.6) is 0 Å². The van der Waals surface area contributed by atoms with Gasteiger partial charge < -0.3 is 19.5 Å². The van der Waals surface area contributed by atoms with Crippen LogP contribution in [-0.4, -0.2) is 47.9 Å². The van der Waals surface area contributed by atoms with Crippen LogP contribution in [0.1, 0.15) is 26.4 Å². The van der Waals surface area contributed by atoms with E-state index in [4.69, 9.17) is 4.42 Å². The van der Waals surface area contributed by atoms with Gasteiger partial charge in [0.25, 0.3) is 11.8 Å². The van der Waals surface area contributed by atoms with Gasteiger partial charge >= 0.3 is 0 Å². The number of anilines is 1. The number of oxazole rings is 1. The fourth-order valence-corrected chi connectivity index (χ4v) is 4.32. The summed E-state index contributed by atoms with van der Waals surface area (Å²) in [5.41, 5.74) is 2.99. The summed E-state index contributed by atoms with van der Waals surface area (Å²) in [7, 11) is 0. The molecule has 1 aliphatic rings. The Kier molecular flexibility index (Phi) is 6.75. The van der Waals surface area contributed by atoms with Gasteiger partial charge in [-0.3, -0.25) is 9.59 Å². The van der Waals surface area contributed by atoms with Gasteiger partial charge in [0.15, 0.2) is 17.8 Å². The quantitative estimate of drug-likeness (QED) is 0.440. The van der Waals surface area contributed by atoms with Crippen molar-refractivity contribution in [1.29, 1.82) is 0 Å². The van der Waals surface area contributed by atoms with E-state index < -0.39 is 0 Å². The van der Waals surface area contributed by atoms with E-state index in [1.54, 1.807) is 41.3 Å². The number of carbonyl (C=O) groups excluding carboxylic acids is 2. The van der Waals surface area contributed by atoms with E-state index in [9.17, 15) is 14.0 Å². The first-order valence-corrected chi connectivity index (χ1v) is 11.7. The predicted molar refractivity (Wildman–Crippen MR) is 134 cm³/mol. The minimum absolute atomic E-state index is 0.132. The molecule has 1 fully saturated rings. The smallest absolute Gasteiger partial charge is 0.274 e. The van der Waals surface area contributed by atoms with E-state index in [0.29, 0.717) is 43.9 Å². The van der Waals surface area contributed by atoms with E-state index in [1.165, 1.54) is 18.5 Å². The molecule has 0 spiro atoms. The Balaban J connectivity index is 1.30. The van der Waals surface area contributed by atoms with Gasteiger partial charge in [-0.1, -0.05) is 48.5 Å². The summed E-state index contributed by atoms with van der Waals surface area (Å²) in [5.74, 6) is -0.534. The van der Waals surface area contributed by atoms with Gasteiger partial charge in [0.05, 0.1) is 5.56 Å². The molecule has 0 bridgehead atoms. The average Bonchev–Trinajstić information content (AvgIpc) is 3.42. The second-order valence-corrected chi connectivity index (χ2v) is 8.50. The Bertz CT molecular complexity index is 1350. The lowest BCUT2D eigenvalue weighted by atomic mass is 10.0. The standard InChI is InChI=1S/C28H25FN4O3/c29-21-10-12-22(13-11-21)32-14-16-33(17-15-32)28(35)24-9-5-4-8-23(24)26-25(31-19-36-26)27(34)30-18-20-6-2-1-3-7-20/h1-13,19H,14-18H2,(H,30,34). The van der Waals surface area contributed by atoms with Crippen LogP contribution in [0.3, 0.4) is 0 Å². The molecular formula is C28H25FN4O3. The number of hydrogen-bond acceptors (Lipinski definition) is 5. The topological polar surface area (TPSA) is 78.7 Å². The first kappa shape index (κ1) is 23.3. The van der Waals surface area contributed by atoms with Crippen molar-refractivity contribution in [3.05, 3.63) is 108 Å². The van der Waals surface area contributed by atoms with Crippen LogP contribution in [0.25, 0.3) is 11.3 Å². The van der Waals surface area contributed by atoms with Crippen molar-refractivity contribution in [2.45, 2.75) is 6.54 Å². The molecule has 0 unspecified atom stereocenters. The minimum Gasteiger partial charge on any atom is -0.443 e. The Labute approximate surface area is 208 Å². The molecule has 8 heteroatoms. The Morgan fingerprint density at radius 3 is 2.33 bits per heavy atom. The zero-order chi connectivity index (χ0) is 24.9. The Hall–Kier alpha value is -4.46. The monoisotopic (exact) mass is 484 g/mol. The summed E-state index contributed by atoms with van der Waals surface area (Å²) in [4.78, 5) is 34.4. The number of hydrogen-bond donors (Lipinski definition) is 1. The predicted octanol–water partition coefficient (Wildman–Crippen LogP) is 4.37. The third-order valence-corrected chi connectivity index (χ3v) is 6.24. The van der Waals surface area contributed by atoms with E-state index in [1.807, 2.05) is 30.3 Å². The summed E-state index contributed by atoms with van der Waals surface area (Å²) in [5, 5.41) is 2.86. The van der Waals surface area contributed by atoms with Crippen molar-refractivity contribution in [3.63, 3.8) is 0 Å². The van der Waals surface area contributed by atoms with Crippen LogP contribution < -0.4 is 10.2 Å². The highest BCUT2D eigenvalue weighted by Crippen LogP contribution is 2.28. The van der Waals surface area contributed by atoms with Gasteiger partial charge in [0.2, 0.25) is 0 Å². The molecule has 0 saturated carbocycles. The van der Waals surface area contributed by atoms with Gasteiger partial charge in [-0.15, -0.1) is 0 Å². The molecule has 1 saturated heterocycles. The van der Waals surface area contributed by atoms with Gasteiger partial charge in [-0.2, -0.15) is 0 Å². The lowest BCUT2D eigenvalue weighted by molar-refractivity contribution is 0.0747. The average molecular weight is 485 g/mol. The highest BCUT2D eigenvalue weighted by Gasteiger charge is 2.27. The van der Waals surface area contributed by atoms with Gasteiger partial charge in [-0.05, 0) is 35.9 Å². The zero-order valence-corrected chi connectivity index (χ0v) is 19.6. The lowest BCUT2D eigenvalue weighted by Gasteiger charge is -2.36. The van der Waals surface area contributed by atoms with E-state index >= 15 is 0 Å². The maximum atomic E-state index is 13.5. The van der Waals surface area contributed by atoms with Crippen molar-refractivity contribution < 1.29 is 18.4 Å². The number of nitrogens with one attached hydrogen (secondary N) is 1. The largest absolute Gasteiger partial charge is 0.443 e. The molecule has 1 N–H and O–H groups in total. The number of nitrogens with zero attached hydrogens (tertiary/aromatic N) is 3. The van der Waals surface area contributed by atoms with Crippen LogP contribution in [-0.2, 0) is 6.54 Å². The number of benzene rings is 3. The molecule has 2 amide bonds. The molecule has 1 aliphatic heterocycles. The number of rotatable bonds is 6. The van der Waals surface area contributed by atoms with Crippen LogP contribution in [0.2, 0.25) is 0 Å². The summed E-state index contributed by atoms with van der Waals surface area (Å²) < 4.78 is 18.9. The number of piperazine rings is 1. The van der Waals surface area contributed by atoms with Crippen molar-refractivity contribution in [3.8, 4) is 11.3 Å². The highest BCUT2D eigenvalue weighted by molar-refractivity contribution is 6.04. The molecule has 1 aromatic heterocycles. The summed E-state index contributed by atoms with van der Waals surface area (Å²) in [6.45, 7) is 2.66. The fourth-order valence-electron chi connectivity index (χ4n) is 4.32. The number of aromatic nitrogens is 1. The molecule has 3 aromatic carbocycles. The molecule has 5 rings (SSSR count). The van der Waals surface area contributed by atoms with Gasteiger partial charge in [0.1, 0.15) is 5.82 Å². The lowest BCUT2D eigenvalue weighted by Crippen LogP contribution is -2.48. The molecular weight excluding hydrogens is 459 g/mol.